The highest BCUT2D eigenvalue weighted by Crippen LogP contribution is 2.22. The maximum Gasteiger partial charge on any atom is 0.405 e. The molecule has 0 saturated carbocycles. The van der Waals surface area contributed by atoms with Gasteiger partial charge in [0.05, 0.1) is 11.6 Å². The molecule has 2 amide bonds. The zero-order chi connectivity index (χ0) is 17.7. The van der Waals surface area contributed by atoms with Crippen LogP contribution >= 0.6 is 0 Å². The van der Waals surface area contributed by atoms with Gasteiger partial charge < -0.3 is 10.2 Å². The molecule has 5 nitrogen and oxygen atoms in total. The second kappa shape index (κ2) is 7.53. The topological polar surface area (TPSA) is 59.4 Å². The Morgan fingerprint density at radius 1 is 1.33 bits per heavy atom. The smallest absolute Gasteiger partial charge is 0.329 e. The molecule has 1 aromatic rings. The first-order chi connectivity index (χ1) is 11.3. The Bertz CT molecular complexity index is 618. The lowest BCUT2D eigenvalue weighted by Crippen LogP contribution is -2.53. The van der Waals surface area contributed by atoms with Crippen LogP contribution < -0.4 is 5.32 Å². The molecule has 8 heteroatoms. The Morgan fingerprint density at radius 3 is 2.58 bits per heavy atom. The molecular weight excluding hydrogens is 321 g/mol. The lowest BCUT2D eigenvalue weighted by atomic mass is 10.0. The molecule has 0 radical (unpaired) electrons. The fraction of sp³-hybridized carbons (Fsp3) is 0.500. The molecular formula is C16H19F3N4O. The van der Waals surface area contributed by atoms with Gasteiger partial charge in [0.2, 0.25) is 0 Å². The highest BCUT2D eigenvalue weighted by Gasteiger charge is 2.30. The van der Waals surface area contributed by atoms with Crippen molar-refractivity contribution in [1.82, 2.24) is 15.1 Å². The van der Waals surface area contributed by atoms with E-state index in [2.05, 4.69) is 11.0 Å². The minimum atomic E-state index is -4.41. The van der Waals surface area contributed by atoms with Gasteiger partial charge in [0, 0.05) is 32.2 Å². The summed E-state index contributed by atoms with van der Waals surface area (Å²) in [5, 5.41) is 10.9. The molecule has 1 N–H and O–H groups in total. The van der Waals surface area contributed by atoms with Crippen molar-refractivity contribution in [3.8, 4) is 6.07 Å². The van der Waals surface area contributed by atoms with E-state index in [1.54, 1.807) is 6.07 Å². The van der Waals surface area contributed by atoms with Crippen LogP contribution in [0.5, 0.6) is 0 Å². The summed E-state index contributed by atoms with van der Waals surface area (Å²) in [6.45, 7) is 2.56. The number of benzene rings is 1. The molecule has 1 atom stereocenters. The summed E-state index contributed by atoms with van der Waals surface area (Å²) in [4.78, 5) is 15.3. The minimum Gasteiger partial charge on any atom is -0.329 e. The molecule has 1 heterocycles. The third kappa shape index (κ3) is 4.86. The van der Waals surface area contributed by atoms with Crippen molar-refractivity contribution in [2.24, 2.45) is 0 Å². The van der Waals surface area contributed by atoms with E-state index in [4.69, 9.17) is 5.26 Å². The SMILES string of the molecule is CC(c1cccc(C#N)c1)N1CCN(C(=O)NCC(F)(F)F)CC1. The van der Waals surface area contributed by atoms with Crippen molar-refractivity contribution in [1.29, 1.82) is 5.26 Å². The van der Waals surface area contributed by atoms with Gasteiger partial charge in [0.25, 0.3) is 0 Å². The van der Waals surface area contributed by atoms with Crippen molar-refractivity contribution in [3.05, 3.63) is 35.4 Å². The summed E-state index contributed by atoms with van der Waals surface area (Å²) >= 11 is 0. The average Bonchev–Trinajstić information content (AvgIpc) is 2.58. The molecule has 1 fully saturated rings. The number of piperazine rings is 1. The molecule has 1 saturated heterocycles. The van der Waals surface area contributed by atoms with Gasteiger partial charge in [-0.05, 0) is 24.6 Å². The first kappa shape index (κ1) is 18.1. The molecule has 1 aliphatic rings. The monoisotopic (exact) mass is 340 g/mol. The number of hydrogen-bond acceptors (Lipinski definition) is 3. The number of nitrogens with one attached hydrogen (secondary N) is 1. The molecule has 24 heavy (non-hydrogen) atoms. The lowest BCUT2D eigenvalue weighted by Gasteiger charge is -2.38. The highest BCUT2D eigenvalue weighted by atomic mass is 19.4. The zero-order valence-electron chi connectivity index (χ0n) is 13.3. The molecule has 1 aliphatic heterocycles. The van der Waals surface area contributed by atoms with Gasteiger partial charge in [-0.2, -0.15) is 18.4 Å². The number of hydrogen-bond donors (Lipinski definition) is 1. The molecule has 0 aromatic heterocycles. The lowest BCUT2D eigenvalue weighted by molar-refractivity contribution is -0.123. The van der Waals surface area contributed by atoms with Crippen molar-refractivity contribution in [3.63, 3.8) is 0 Å². The van der Waals surface area contributed by atoms with Gasteiger partial charge in [-0.1, -0.05) is 12.1 Å². The van der Waals surface area contributed by atoms with Crippen LogP contribution in [0, 0.1) is 11.3 Å². The summed E-state index contributed by atoms with van der Waals surface area (Å²) in [6, 6.07) is 8.81. The number of halogens is 3. The number of carbonyl (C=O) groups is 1. The van der Waals surface area contributed by atoms with Crippen LogP contribution in [0.4, 0.5) is 18.0 Å². The van der Waals surface area contributed by atoms with E-state index < -0.39 is 18.8 Å². The molecule has 0 spiro atoms. The van der Waals surface area contributed by atoms with Gasteiger partial charge in [-0.15, -0.1) is 0 Å². The third-order valence-corrected chi connectivity index (χ3v) is 4.09. The van der Waals surface area contributed by atoms with Crippen LogP contribution in [-0.4, -0.2) is 54.7 Å². The molecule has 0 aliphatic carbocycles. The van der Waals surface area contributed by atoms with E-state index in [1.165, 1.54) is 4.90 Å². The Labute approximate surface area is 138 Å². The summed E-state index contributed by atoms with van der Waals surface area (Å²) in [6.07, 6.45) is -4.41. The summed E-state index contributed by atoms with van der Waals surface area (Å²) in [5.41, 5.74) is 1.59. The van der Waals surface area contributed by atoms with Crippen LogP contribution in [0.2, 0.25) is 0 Å². The number of nitriles is 1. The normalized spacial score (nSPS) is 17.2. The van der Waals surface area contributed by atoms with Crippen LogP contribution in [-0.2, 0) is 0 Å². The number of alkyl halides is 3. The van der Waals surface area contributed by atoms with Crippen molar-refractivity contribution >= 4 is 6.03 Å². The van der Waals surface area contributed by atoms with E-state index >= 15 is 0 Å². The molecule has 130 valence electrons. The molecule has 1 unspecified atom stereocenters. The number of urea groups is 1. The van der Waals surface area contributed by atoms with Gasteiger partial charge >= 0.3 is 12.2 Å². The fourth-order valence-electron chi connectivity index (χ4n) is 2.68. The highest BCUT2D eigenvalue weighted by molar-refractivity contribution is 5.74. The first-order valence-electron chi connectivity index (χ1n) is 7.64. The van der Waals surface area contributed by atoms with Crippen molar-refractivity contribution < 1.29 is 18.0 Å². The fourth-order valence-corrected chi connectivity index (χ4v) is 2.68. The maximum atomic E-state index is 12.1. The van der Waals surface area contributed by atoms with E-state index in [-0.39, 0.29) is 6.04 Å². The molecule has 2 rings (SSSR count). The second-order valence-electron chi connectivity index (χ2n) is 5.71. The Hall–Kier alpha value is -2.27. The van der Waals surface area contributed by atoms with Crippen molar-refractivity contribution in [2.45, 2.75) is 19.1 Å². The second-order valence-corrected chi connectivity index (χ2v) is 5.71. The largest absolute Gasteiger partial charge is 0.405 e. The third-order valence-electron chi connectivity index (χ3n) is 4.09. The van der Waals surface area contributed by atoms with Crippen LogP contribution in [0.15, 0.2) is 24.3 Å². The average molecular weight is 340 g/mol. The summed E-state index contributed by atoms with van der Waals surface area (Å²) < 4.78 is 36.4. The van der Waals surface area contributed by atoms with Gasteiger partial charge in [0.1, 0.15) is 6.54 Å². The summed E-state index contributed by atoms with van der Waals surface area (Å²) in [7, 11) is 0. The Balaban J connectivity index is 1.88. The standard InChI is InChI=1S/C16H19F3N4O/c1-12(14-4-2-3-13(9-14)10-20)22-5-7-23(8-6-22)15(24)21-11-16(17,18)19/h2-4,9,12H,5-8,11H2,1H3,(H,21,24). The van der Waals surface area contributed by atoms with Gasteiger partial charge in [-0.3, -0.25) is 4.90 Å². The van der Waals surface area contributed by atoms with E-state index in [0.717, 1.165) is 5.56 Å². The minimum absolute atomic E-state index is 0.0682. The van der Waals surface area contributed by atoms with Crippen LogP contribution in [0.1, 0.15) is 24.1 Å². The van der Waals surface area contributed by atoms with Gasteiger partial charge in [-0.25, -0.2) is 4.79 Å². The predicted molar refractivity (Wildman–Crippen MR) is 82.2 cm³/mol. The van der Waals surface area contributed by atoms with Crippen LogP contribution in [0.3, 0.4) is 0 Å². The predicted octanol–water partition coefficient (Wildman–Crippen LogP) is 2.51. The maximum absolute atomic E-state index is 12.1. The summed E-state index contributed by atoms with van der Waals surface area (Å²) in [5.74, 6) is 0. The quantitative estimate of drug-likeness (QED) is 0.920. The van der Waals surface area contributed by atoms with E-state index in [0.29, 0.717) is 31.7 Å². The van der Waals surface area contributed by atoms with Gasteiger partial charge in [0.15, 0.2) is 0 Å². The Morgan fingerprint density at radius 2 is 2.00 bits per heavy atom. The van der Waals surface area contributed by atoms with E-state index in [1.807, 2.05) is 30.4 Å². The van der Waals surface area contributed by atoms with E-state index in [9.17, 15) is 18.0 Å². The number of rotatable bonds is 3. The number of amides is 2. The first-order valence-corrected chi connectivity index (χ1v) is 7.64. The molecule has 1 aromatic carbocycles. The Kier molecular flexibility index (Phi) is 5.67. The van der Waals surface area contributed by atoms with Crippen LogP contribution in [0.25, 0.3) is 0 Å². The van der Waals surface area contributed by atoms with Crippen molar-refractivity contribution in [2.75, 3.05) is 32.7 Å². The zero-order valence-corrected chi connectivity index (χ0v) is 13.3. The molecule has 0 bridgehead atoms. The number of nitrogens with zero attached hydrogens (tertiary/aromatic N) is 3. The number of carbonyl (C=O) groups excluding carboxylic acids is 1.